The maximum atomic E-state index is 11.3. The zero-order valence-corrected chi connectivity index (χ0v) is 24.5. The molecule has 0 saturated heterocycles. The fraction of sp³-hybridized carbons (Fsp3) is 0.500. The number of nitrogens with zero attached hydrogens (tertiary/aromatic N) is 5. The Hall–Kier alpha value is -3.42. The molecule has 1 N–H and O–H groups in total. The van der Waals surface area contributed by atoms with E-state index in [2.05, 4.69) is 50.2 Å². The van der Waals surface area contributed by atoms with Gasteiger partial charge >= 0.3 is 0 Å². The lowest BCUT2D eigenvalue weighted by molar-refractivity contribution is 0.0136. The van der Waals surface area contributed by atoms with E-state index >= 15 is 0 Å². The van der Waals surface area contributed by atoms with E-state index in [1.165, 1.54) is 31.4 Å². The highest BCUT2D eigenvalue weighted by Gasteiger charge is 2.29. The van der Waals surface area contributed by atoms with Gasteiger partial charge in [-0.2, -0.15) is 5.26 Å². The Morgan fingerprint density at radius 2 is 2.02 bits per heavy atom. The number of nitriles is 1. The minimum atomic E-state index is -0.908. The monoisotopic (exact) mass is 564 g/mol. The molecule has 0 amide bonds. The second kappa shape index (κ2) is 14.8. The topological polar surface area (TPSA) is 104 Å². The molecular weight excluding hydrogens is 524 g/mol. The number of allylic oxidation sites excluding steroid dienone is 1. The number of aromatic nitrogens is 2. The van der Waals surface area contributed by atoms with Gasteiger partial charge in [0.2, 0.25) is 5.95 Å². The average molecular weight is 565 g/mol. The Labute approximate surface area is 240 Å². The van der Waals surface area contributed by atoms with Crippen molar-refractivity contribution in [3.63, 3.8) is 0 Å². The minimum absolute atomic E-state index is 0.253. The standard InChI is InChI=1S/C30H40N6O3S/c1-4-35(21-23-8-5-6-9-23)27-12-13-29(38-2)36(22-25-11-7-10-24(16-25)17-31)28(27)20-34-30-32-18-26(19-33-30)39-14-15-40(3)37/h7,10-13,16,18-19,23,29H,4-6,8-9,14-15,20-22H2,1-3H3,(H,32,33,34). The second-order valence-electron chi connectivity index (χ2n) is 10.2. The van der Waals surface area contributed by atoms with Crippen LogP contribution in [0.3, 0.4) is 0 Å². The maximum absolute atomic E-state index is 11.3. The first-order valence-corrected chi connectivity index (χ1v) is 15.7. The summed E-state index contributed by atoms with van der Waals surface area (Å²) in [5.41, 5.74) is 3.93. The van der Waals surface area contributed by atoms with Gasteiger partial charge in [0.15, 0.2) is 5.75 Å². The van der Waals surface area contributed by atoms with Crippen LogP contribution in [0.1, 0.15) is 43.7 Å². The Balaban J connectivity index is 1.59. The van der Waals surface area contributed by atoms with Gasteiger partial charge in [-0.3, -0.25) is 4.21 Å². The van der Waals surface area contributed by atoms with E-state index in [9.17, 15) is 9.47 Å². The Bertz CT molecular complexity index is 1240. The number of rotatable bonds is 14. The van der Waals surface area contributed by atoms with Gasteiger partial charge in [-0.05, 0) is 55.5 Å². The molecule has 0 spiro atoms. The van der Waals surface area contributed by atoms with E-state index in [-0.39, 0.29) is 6.23 Å². The van der Waals surface area contributed by atoms with E-state index in [0.717, 1.165) is 24.4 Å². The summed E-state index contributed by atoms with van der Waals surface area (Å²) >= 11 is 0. The number of hydrogen-bond acceptors (Lipinski definition) is 9. The molecule has 2 heterocycles. The third-order valence-corrected chi connectivity index (χ3v) is 8.12. The van der Waals surface area contributed by atoms with Crippen molar-refractivity contribution in [2.45, 2.75) is 45.4 Å². The third-order valence-electron chi connectivity index (χ3n) is 7.38. The number of ether oxygens (including phenoxy) is 2. The molecular formula is C30H40N6O3S. The van der Waals surface area contributed by atoms with Gasteiger partial charge in [0, 0.05) is 43.8 Å². The number of nitrogens with one attached hydrogen (secondary N) is 1. The highest BCUT2D eigenvalue weighted by atomic mass is 32.2. The maximum Gasteiger partial charge on any atom is 0.223 e. The summed E-state index contributed by atoms with van der Waals surface area (Å²) in [5.74, 6) is 2.21. The van der Waals surface area contributed by atoms with Gasteiger partial charge in [0.1, 0.15) is 6.23 Å². The van der Waals surface area contributed by atoms with Crippen molar-refractivity contribution in [2.24, 2.45) is 5.92 Å². The van der Waals surface area contributed by atoms with Crippen molar-refractivity contribution < 1.29 is 13.7 Å². The van der Waals surface area contributed by atoms with Crippen molar-refractivity contribution in [1.82, 2.24) is 19.8 Å². The second-order valence-corrected chi connectivity index (χ2v) is 11.7. The molecule has 1 aliphatic heterocycles. The SMILES string of the molecule is CCN(CC1CCCC1)C1=C(CNc2ncc(OCCS(C)=O)cn2)N(Cc2cccc(C#N)c2)C(OC)C=C1. The molecule has 0 radical (unpaired) electrons. The molecule has 0 bridgehead atoms. The van der Waals surface area contributed by atoms with Crippen LogP contribution >= 0.6 is 0 Å². The predicted octanol–water partition coefficient (Wildman–Crippen LogP) is 4.29. The van der Waals surface area contributed by atoms with Gasteiger partial charge in [0.05, 0.1) is 54.3 Å². The van der Waals surface area contributed by atoms with Crippen molar-refractivity contribution in [3.05, 3.63) is 71.3 Å². The summed E-state index contributed by atoms with van der Waals surface area (Å²) in [6.45, 7) is 5.58. The van der Waals surface area contributed by atoms with Crippen LogP contribution in [-0.4, -0.2) is 75.6 Å². The molecule has 9 nitrogen and oxygen atoms in total. The Morgan fingerprint density at radius 1 is 1.25 bits per heavy atom. The molecule has 4 rings (SSSR count). The molecule has 2 atom stereocenters. The highest BCUT2D eigenvalue weighted by molar-refractivity contribution is 7.84. The predicted molar refractivity (Wildman–Crippen MR) is 158 cm³/mol. The molecule has 2 aromatic rings. The van der Waals surface area contributed by atoms with Crippen molar-refractivity contribution in [1.29, 1.82) is 5.26 Å². The number of benzene rings is 1. The summed E-state index contributed by atoms with van der Waals surface area (Å²) in [7, 11) is 0.810. The summed E-state index contributed by atoms with van der Waals surface area (Å²) in [4.78, 5) is 13.6. The molecule has 214 valence electrons. The molecule has 40 heavy (non-hydrogen) atoms. The summed E-state index contributed by atoms with van der Waals surface area (Å²) in [6, 6.07) is 9.97. The smallest absolute Gasteiger partial charge is 0.223 e. The van der Waals surface area contributed by atoms with Crippen LogP contribution in [0.5, 0.6) is 5.75 Å². The van der Waals surface area contributed by atoms with Crippen LogP contribution in [0.25, 0.3) is 0 Å². The average Bonchev–Trinajstić information content (AvgIpc) is 3.49. The fourth-order valence-corrected chi connectivity index (χ4v) is 5.62. The molecule has 1 fully saturated rings. The number of hydrogen-bond donors (Lipinski definition) is 1. The van der Waals surface area contributed by atoms with E-state index in [1.54, 1.807) is 25.8 Å². The van der Waals surface area contributed by atoms with Crippen LogP contribution in [0.2, 0.25) is 0 Å². The first kappa shape index (κ1) is 29.6. The van der Waals surface area contributed by atoms with Crippen molar-refractivity contribution in [2.75, 3.05) is 50.7 Å². The van der Waals surface area contributed by atoms with Crippen molar-refractivity contribution >= 4 is 16.7 Å². The summed E-state index contributed by atoms with van der Waals surface area (Å²) < 4.78 is 22.8. The van der Waals surface area contributed by atoms with Crippen LogP contribution in [0.4, 0.5) is 5.95 Å². The van der Waals surface area contributed by atoms with E-state index in [1.807, 2.05) is 24.3 Å². The van der Waals surface area contributed by atoms with Crippen LogP contribution < -0.4 is 10.1 Å². The van der Waals surface area contributed by atoms with E-state index < -0.39 is 10.8 Å². The largest absolute Gasteiger partial charge is 0.489 e. The molecule has 1 aliphatic carbocycles. The lowest BCUT2D eigenvalue weighted by Gasteiger charge is -2.40. The van der Waals surface area contributed by atoms with Gasteiger partial charge in [0.25, 0.3) is 0 Å². The number of anilines is 1. The zero-order valence-electron chi connectivity index (χ0n) is 23.7. The molecule has 2 aliphatic rings. The summed E-state index contributed by atoms with van der Waals surface area (Å²) in [5, 5.41) is 12.8. The van der Waals surface area contributed by atoms with Gasteiger partial charge in [-0.25, -0.2) is 9.97 Å². The third kappa shape index (κ3) is 8.05. The van der Waals surface area contributed by atoms with Crippen LogP contribution in [0.15, 0.2) is 60.2 Å². The number of likely N-dealkylation sites (N-methyl/N-ethyl adjacent to an activating group) is 1. The van der Waals surface area contributed by atoms with E-state index in [0.29, 0.717) is 48.6 Å². The zero-order chi connectivity index (χ0) is 28.3. The normalized spacial score (nSPS) is 18.1. The molecule has 2 unspecified atom stereocenters. The van der Waals surface area contributed by atoms with E-state index in [4.69, 9.17) is 9.47 Å². The first-order valence-electron chi connectivity index (χ1n) is 13.9. The molecule has 1 saturated carbocycles. The highest BCUT2D eigenvalue weighted by Crippen LogP contribution is 2.31. The lowest BCUT2D eigenvalue weighted by Crippen LogP contribution is -2.42. The molecule has 1 aromatic heterocycles. The quantitative estimate of drug-likeness (QED) is 0.360. The van der Waals surface area contributed by atoms with Gasteiger partial charge in [-0.1, -0.05) is 25.0 Å². The van der Waals surface area contributed by atoms with Crippen LogP contribution in [-0.2, 0) is 22.1 Å². The first-order chi connectivity index (χ1) is 19.5. The lowest BCUT2D eigenvalue weighted by atomic mass is 10.0. The Kier molecular flexibility index (Phi) is 11.0. The van der Waals surface area contributed by atoms with Gasteiger partial charge in [-0.15, -0.1) is 0 Å². The van der Waals surface area contributed by atoms with Gasteiger partial charge < -0.3 is 24.6 Å². The molecule has 10 heteroatoms. The fourth-order valence-electron chi connectivity index (χ4n) is 5.31. The minimum Gasteiger partial charge on any atom is -0.489 e. The molecule has 1 aromatic carbocycles. The Morgan fingerprint density at radius 3 is 2.70 bits per heavy atom. The van der Waals surface area contributed by atoms with Crippen LogP contribution in [0, 0.1) is 17.2 Å². The summed E-state index contributed by atoms with van der Waals surface area (Å²) in [6.07, 6.45) is 14.1. The van der Waals surface area contributed by atoms with Crippen molar-refractivity contribution in [3.8, 4) is 11.8 Å². The number of methoxy groups -OCH3 is 1.